The van der Waals surface area contributed by atoms with Crippen LogP contribution < -0.4 is 11.2 Å². The maximum Gasteiger partial charge on any atom is 0.333 e. The number of thiophene rings is 1. The normalized spacial score (nSPS) is 17.2. The van der Waals surface area contributed by atoms with Crippen LogP contribution in [-0.2, 0) is 18.9 Å². The Hall–Kier alpha value is -2.68. The van der Waals surface area contributed by atoms with E-state index >= 15 is 0 Å². The highest BCUT2D eigenvalue weighted by molar-refractivity contribution is 7.10. The first-order chi connectivity index (χ1) is 11.3. The second-order valence-electron chi connectivity index (χ2n) is 5.55. The van der Waals surface area contributed by atoms with E-state index in [0.29, 0.717) is 6.42 Å². The number of hydrogen-bond acceptors (Lipinski definition) is 6. The maximum absolute atomic E-state index is 12.4. The highest BCUT2D eigenvalue weighted by atomic mass is 32.1. The van der Waals surface area contributed by atoms with Crippen LogP contribution in [0.4, 0.5) is 0 Å². The van der Waals surface area contributed by atoms with Gasteiger partial charge in [-0.3, -0.25) is 18.7 Å². The van der Waals surface area contributed by atoms with Crippen molar-refractivity contribution < 1.29 is 9.90 Å². The standard InChI is InChI=1S/C15H16N4O4S/c1-8(20)19-10(11-5-4-6-24-11)7-9(16-19)12-13(21)17(2)15(23)18(3)14(12)22/h4-6,10,21H,7H2,1-3H3/t10-/m1/s1. The van der Waals surface area contributed by atoms with Crippen molar-refractivity contribution in [2.24, 2.45) is 19.2 Å². The topological polar surface area (TPSA) is 96.9 Å². The summed E-state index contributed by atoms with van der Waals surface area (Å²) in [5, 5.41) is 17.7. The Morgan fingerprint density at radius 3 is 2.62 bits per heavy atom. The third-order valence-corrected chi connectivity index (χ3v) is 5.00. The minimum Gasteiger partial charge on any atom is -0.494 e. The lowest BCUT2D eigenvalue weighted by molar-refractivity contribution is -0.130. The molecule has 2 aromatic rings. The van der Waals surface area contributed by atoms with Crippen molar-refractivity contribution in [3.8, 4) is 5.88 Å². The number of hydrazone groups is 1. The molecule has 1 amide bonds. The van der Waals surface area contributed by atoms with E-state index in [2.05, 4.69) is 5.10 Å². The summed E-state index contributed by atoms with van der Waals surface area (Å²) in [6, 6.07) is 3.44. The fraction of sp³-hybridized carbons (Fsp3) is 0.333. The van der Waals surface area contributed by atoms with Crippen molar-refractivity contribution in [3.05, 3.63) is 48.8 Å². The van der Waals surface area contributed by atoms with E-state index < -0.39 is 17.1 Å². The van der Waals surface area contributed by atoms with Crippen molar-refractivity contribution >= 4 is 23.0 Å². The van der Waals surface area contributed by atoms with Gasteiger partial charge in [0.25, 0.3) is 5.56 Å². The second kappa shape index (κ2) is 5.75. The molecule has 8 nitrogen and oxygen atoms in total. The second-order valence-corrected chi connectivity index (χ2v) is 6.53. The molecular weight excluding hydrogens is 332 g/mol. The summed E-state index contributed by atoms with van der Waals surface area (Å²) in [6.45, 7) is 1.39. The Bertz CT molecular complexity index is 955. The van der Waals surface area contributed by atoms with Gasteiger partial charge in [0.1, 0.15) is 5.56 Å². The summed E-state index contributed by atoms with van der Waals surface area (Å²) in [5.41, 5.74) is -1.02. The van der Waals surface area contributed by atoms with Crippen molar-refractivity contribution in [3.63, 3.8) is 0 Å². The lowest BCUT2D eigenvalue weighted by atomic mass is 10.0. The number of aromatic nitrogens is 2. The van der Waals surface area contributed by atoms with Crippen molar-refractivity contribution in [2.45, 2.75) is 19.4 Å². The fourth-order valence-corrected chi connectivity index (χ4v) is 3.55. The zero-order valence-electron chi connectivity index (χ0n) is 13.4. The van der Waals surface area contributed by atoms with Gasteiger partial charge in [-0.15, -0.1) is 11.3 Å². The maximum atomic E-state index is 12.4. The number of carbonyl (C=O) groups excluding carboxylic acids is 1. The van der Waals surface area contributed by atoms with Gasteiger partial charge in [0.05, 0.1) is 11.8 Å². The van der Waals surface area contributed by atoms with Gasteiger partial charge in [-0.25, -0.2) is 9.80 Å². The van der Waals surface area contributed by atoms with E-state index in [1.165, 1.54) is 37.4 Å². The molecule has 0 spiro atoms. The van der Waals surface area contributed by atoms with E-state index in [1.54, 1.807) is 0 Å². The Labute approximate surface area is 140 Å². The first kappa shape index (κ1) is 16.2. The van der Waals surface area contributed by atoms with Crippen LogP contribution in [0, 0.1) is 0 Å². The predicted octanol–water partition coefficient (Wildman–Crippen LogP) is 0.549. The molecule has 1 atom stereocenters. The highest BCUT2D eigenvalue weighted by Crippen LogP contribution is 2.35. The molecule has 1 aliphatic rings. The van der Waals surface area contributed by atoms with Crippen molar-refractivity contribution in [1.29, 1.82) is 0 Å². The molecule has 9 heteroatoms. The molecule has 0 unspecified atom stereocenters. The smallest absolute Gasteiger partial charge is 0.333 e. The van der Waals surface area contributed by atoms with E-state index in [9.17, 15) is 19.5 Å². The predicted molar refractivity (Wildman–Crippen MR) is 89.3 cm³/mol. The van der Waals surface area contributed by atoms with E-state index in [-0.39, 0.29) is 23.2 Å². The Balaban J connectivity index is 2.15. The van der Waals surface area contributed by atoms with Gasteiger partial charge in [-0.05, 0) is 11.4 Å². The molecule has 3 heterocycles. The van der Waals surface area contributed by atoms with Gasteiger partial charge in [0, 0.05) is 32.3 Å². The molecule has 1 N–H and O–H groups in total. The molecule has 24 heavy (non-hydrogen) atoms. The Kier molecular flexibility index (Phi) is 3.88. The van der Waals surface area contributed by atoms with Crippen LogP contribution in [0.5, 0.6) is 5.88 Å². The average molecular weight is 348 g/mol. The summed E-state index contributed by atoms with van der Waals surface area (Å²) >= 11 is 1.49. The molecule has 0 radical (unpaired) electrons. The van der Waals surface area contributed by atoms with Gasteiger partial charge < -0.3 is 5.11 Å². The molecule has 0 aliphatic carbocycles. The summed E-state index contributed by atoms with van der Waals surface area (Å²) in [7, 11) is 2.71. The minimum absolute atomic E-state index is 0.0510. The van der Waals surface area contributed by atoms with Gasteiger partial charge in [0.15, 0.2) is 0 Å². The monoisotopic (exact) mass is 348 g/mol. The lowest BCUT2D eigenvalue weighted by Gasteiger charge is -2.18. The van der Waals surface area contributed by atoms with Crippen LogP contribution in [0.25, 0.3) is 0 Å². The molecule has 2 aromatic heterocycles. The summed E-state index contributed by atoms with van der Waals surface area (Å²) < 4.78 is 1.89. The molecule has 0 saturated carbocycles. The van der Waals surface area contributed by atoms with Crippen LogP contribution in [0.15, 0.2) is 32.2 Å². The van der Waals surface area contributed by atoms with Crippen LogP contribution in [0.3, 0.4) is 0 Å². The number of amides is 1. The van der Waals surface area contributed by atoms with Gasteiger partial charge >= 0.3 is 5.69 Å². The van der Waals surface area contributed by atoms with Crippen LogP contribution in [0.1, 0.15) is 29.8 Å². The molecular formula is C15H16N4O4S. The first-order valence-corrected chi connectivity index (χ1v) is 8.11. The number of nitrogens with zero attached hydrogens (tertiary/aromatic N) is 4. The zero-order valence-corrected chi connectivity index (χ0v) is 14.2. The first-order valence-electron chi connectivity index (χ1n) is 7.23. The van der Waals surface area contributed by atoms with Gasteiger partial charge in [-0.2, -0.15) is 5.10 Å². The molecule has 1 aliphatic heterocycles. The third kappa shape index (κ3) is 2.37. The molecule has 3 rings (SSSR count). The van der Waals surface area contributed by atoms with Crippen molar-refractivity contribution in [1.82, 2.24) is 14.1 Å². The lowest BCUT2D eigenvalue weighted by Crippen LogP contribution is -2.39. The molecule has 0 bridgehead atoms. The summed E-state index contributed by atoms with van der Waals surface area (Å²) in [6.07, 6.45) is 0.293. The van der Waals surface area contributed by atoms with Gasteiger partial charge in [-0.1, -0.05) is 6.07 Å². The largest absolute Gasteiger partial charge is 0.494 e. The molecule has 0 saturated heterocycles. The Morgan fingerprint density at radius 2 is 2.04 bits per heavy atom. The van der Waals surface area contributed by atoms with Crippen LogP contribution in [0.2, 0.25) is 0 Å². The zero-order chi connectivity index (χ0) is 17.6. The number of rotatable bonds is 2. The van der Waals surface area contributed by atoms with E-state index in [4.69, 9.17) is 0 Å². The van der Waals surface area contributed by atoms with Crippen LogP contribution in [-0.4, -0.2) is 30.9 Å². The van der Waals surface area contributed by atoms with E-state index in [1.807, 2.05) is 17.5 Å². The fourth-order valence-electron chi connectivity index (χ4n) is 2.74. The third-order valence-electron chi connectivity index (χ3n) is 4.03. The summed E-state index contributed by atoms with van der Waals surface area (Å²) in [5.74, 6) is -0.707. The average Bonchev–Trinajstić information content (AvgIpc) is 3.20. The van der Waals surface area contributed by atoms with E-state index in [0.717, 1.165) is 14.0 Å². The Morgan fingerprint density at radius 1 is 1.33 bits per heavy atom. The van der Waals surface area contributed by atoms with Crippen molar-refractivity contribution in [2.75, 3.05) is 0 Å². The molecule has 126 valence electrons. The summed E-state index contributed by atoms with van der Waals surface area (Å²) in [4.78, 5) is 37.1. The molecule has 0 fully saturated rings. The van der Waals surface area contributed by atoms with Crippen LogP contribution >= 0.6 is 11.3 Å². The highest BCUT2D eigenvalue weighted by Gasteiger charge is 2.35. The minimum atomic E-state index is -0.635. The SMILES string of the molecule is CC(=O)N1N=C(c2c(O)n(C)c(=O)n(C)c2=O)C[C@@H]1c1cccs1. The quantitative estimate of drug-likeness (QED) is 0.857. The number of hydrogen-bond donors (Lipinski definition) is 1. The number of aromatic hydroxyl groups is 1. The molecule has 0 aromatic carbocycles. The van der Waals surface area contributed by atoms with Gasteiger partial charge in [0.2, 0.25) is 11.8 Å². The number of carbonyl (C=O) groups is 1.